The van der Waals surface area contributed by atoms with Crippen molar-refractivity contribution in [1.82, 2.24) is 5.32 Å². The average Bonchev–Trinajstić information content (AvgIpc) is 2.43. The lowest BCUT2D eigenvalue weighted by Crippen LogP contribution is -2.36. The van der Waals surface area contributed by atoms with Crippen molar-refractivity contribution in [3.8, 4) is 0 Å². The number of nitrogens with one attached hydrogen (secondary N) is 1. The third kappa shape index (κ3) is 6.15. The molecule has 0 saturated carbocycles. The van der Waals surface area contributed by atoms with Crippen LogP contribution in [0.2, 0.25) is 0 Å². The summed E-state index contributed by atoms with van der Waals surface area (Å²) in [4.78, 5) is 12.0. The van der Waals surface area contributed by atoms with E-state index in [1.807, 2.05) is 52.8 Å². The first-order valence-electron chi connectivity index (χ1n) is 8.27. The van der Waals surface area contributed by atoms with Crippen LogP contribution in [0.25, 0.3) is 0 Å². The molecule has 0 aromatic heterocycles. The Hall–Kier alpha value is -1.56. The van der Waals surface area contributed by atoms with Crippen LogP contribution >= 0.6 is 0 Å². The molecule has 0 spiro atoms. The van der Waals surface area contributed by atoms with Gasteiger partial charge in [0.05, 0.1) is 11.9 Å². The first kappa shape index (κ1) is 20.5. The third-order valence-corrected chi connectivity index (χ3v) is 4.81. The summed E-state index contributed by atoms with van der Waals surface area (Å²) in [5.41, 5.74) is 1.39. The number of sulfonamides is 1. The molecule has 1 amide bonds. The zero-order chi connectivity index (χ0) is 18.5. The molecular formula is C18H30N2O3S. The minimum atomic E-state index is -3.47. The van der Waals surface area contributed by atoms with E-state index in [4.69, 9.17) is 0 Å². The second-order valence-corrected chi connectivity index (χ2v) is 9.46. The molecule has 1 aromatic carbocycles. The molecule has 6 heteroatoms. The van der Waals surface area contributed by atoms with Gasteiger partial charge in [0.2, 0.25) is 15.9 Å². The Bertz CT molecular complexity index is 661. The predicted molar refractivity (Wildman–Crippen MR) is 99.8 cm³/mol. The molecule has 0 fully saturated rings. The Morgan fingerprint density at radius 2 is 1.79 bits per heavy atom. The van der Waals surface area contributed by atoms with Gasteiger partial charge in [-0.2, -0.15) is 0 Å². The van der Waals surface area contributed by atoms with E-state index in [9.17, 15) is 13.2 Å². The van der Waals surface area contributed by atoms with Crippen LogP contribution in [0.1, 0.15) is 46.6 Å². The zero-order valence-corrected chi connectivity index (χ0v) is 16.4. The van der Waals surface area contributed by atoms with E-state index < -0.39 is 10.0 Å². The van der Waals surface area contributed by atoms with Crippen molar-refractivity contribution >= 4 is 21.6 Å². The van der Waals surface area contributed by atoms with E-state index >= 15 is 0 Å². The smallest absolute Gasteiger partial charge is 0.232 e. The van der Waals surface area contributed by atoms with E-state index in [2.05, 4.69) is 5.32 Å². The molecule has 0 radical (unpaired) electrons. The molecule has 0 atom stereocenters. The Balaban J connectivity index is 3.03. The fourth-order valence-electron chi connectivity index (χ4n) is 2.40. The van der Waals surface area contributed by atoms with E-state index in [0.717, 1.165) is 5.56 Å². The molecule has 1 N–H and O–H groups in total. The maximum atomic E-state index is 12.3. The molecular weight excluding hydrogens is 324 g/mol. The van der Waals surface area contributed by atoms with Crippen molar-refractivity contribution in [3.05, 3.63) is 29.8 Å². The molecule has 5 nitrogen and oxygen atoms in total. The van der Waals surface area contributed by atoms with Gasteiger partial charge in [-0.25, -0.2) is 8.42 Å². The molecule has 1 rings (SSSR count). The lowest BCUT2D eigenvalue weighted by Gasteiger charge is -2.30. The van der Waals surface area contributed by atoms with Gasteiger partial charge < -0.3 is 5.32 Å². The number of para-hydroxylation sites is 1. The summed E-state index contributed by atoms with van der Waals surface area (Å²) in [6.07, 6.45) is 1.32. The average molecular weight is 355 g/mol. The summed E-state index contributed by atoms with van der Waals surface area (Å²) in [6, 6.07) is 7.46. The van der Waals surface area contributed by atoms with Crippen LogP contribution in [0.5, 0.6) is 0 Å². The van der Waals surface area contributed by atoms with Crippen LogP contribution in [0.4, 0.5) is 5.69 Å². The number of anilines is 1. The monoisotopic (exact) mass is 354 g/mol. The van der Waals surface area contributed by atoms with Crippen LogP contribution in [0.3, 0.4) is 0 Å². The van der Waals surface area contributed by atoms with Crippen LogP contribution in [0.15, 0.2) is 24.3 Å². The van der Waals surface area contributed by atoms with Crippen molar-refractivity contribution in [2.24, 2.45) is 5.92 Å². The van der Waals surface area contributed by atoms with Gasteiger partial charge in [-0.1, -0.05) is 52.8 Å². The molecule has 24 heavy (non-hydrogen) atoms. The van der Waals surface area contributed by atoms with Crippen molar-refractivity contribution in [2.45, 2.75) is 46.5 Å². The summed E-state index contributed by atoms with van der Waals surface area (Å²) < 4.78 is 25.9. The molecule has 0 saturated heterocycles. The van der Waals surface area contributed by atoms with E-state index in [-0.39, 0.29) is 24.3 Å². The SMILES string of the molecule is CC(C)CNC(=O)CCN(c1ccccc1C(C)(C)C)S(C)(=O)=O. The Morgan fingerprint density at radius 1 is 1.21 bits per heavy atom. The zero-order valence-electron chi connectivity index (χ0n) is 15.6. The number of amides is 1. The largest absolute Gasteiger partial charge is 0.356 e. The van der Waals surface area contributed by atoms with Gasteiger partial charge in [-0.15, -0.1) is 0 Å². The second-order valence-electron chi connectivity index (χ2n) is 7.55. The topological polar surface area (TPSA) is 66.5 Å². The highest BCUT2D eigenvalue weighted by Crippen LogP contribution is 2.33. The van der Waals surface area contributed by atoms with Crippen molar-refractivity contribution in [1.29, 1.82) is 0 Å². The lowest BCUT2D eigenvalue weighted by atomic mass is 9.86. The Morgan fingerprint density at radius 3 is 2.29 bits per heavy atom. The van der Waals surface area contributed by atoms with Gasteiger partial charge in [0.1, 0.15) is 0 Å². The minimum absolute atomic E-state index is 0.134. The summed E-state index contributed by atoms with van der Waals surface area (Å²) in [5.74, 6) is 0.229. The fourth-order valence-corrected chi connectivity index (χ4v) is 3.34. The third-order valence-electron chi connectivity index (χ3n) is 3.63. The van der Waals surface area contributed by atoms with Crippen molar-refractivity contribution in [2.75, 3.05) is 23.7 Å². The molecule has 0 aliphatic carbocycles. The van der Waals surface area contributed by atoms with Crippen LogP contribution < -0.4 is 9.62 Å². The highest BCUT2D eigenvalue weighted by atomic mass is 32.2. The molecule has 0 bridgehead atoms. The van der Waals surface area contributed by atoms with Crippen molar-refractivity contribution in [3.63, 3.8) is 0 Å². The van der Waals surface area contributed by atoms with Crippen LogP contribution in [-0.4, -0.2) is 33.7 Å². The maximum Gasteiger partial charge on any atom is 0.232 e. The Labute approximate surface area is 146 Å². The lowest BCUT2D eigenvalue weighted by molar-refractivity contribution is -0.121. The molecule has 1 aromatic rings. The second kappa shape index (κ2) is 8.01. The summed E-state index contributed by atoms with van der Waals surface area (Å²) in [7, 11) is -3.47. The van der Waals surface area contributed by atoms with E-state index in [1.165, 1.54) is 10.6 Å². The van der Waals surface area contributed by atoms with Gasteiger partial charge in [-0.3, -0.25) is 9.10 Å². The van der Waals surface area contributed by atoms with Gasteiger partial charge in [-0.05, 0) is 23.0 Å². The number of carbonyl (C=O) groups is 1. The molecule has 0 heterocycles. The summed E-state index contributed by atoms with van der Waals surface area (Å²) in [5, 5.41) is 2.82. The quantitative estimate of drug-likeness (QED) is 0.819. The first-order chi connectivity index (χ1) is 10.9. The first-order valence-corrected chi connectivity index (χ1v) is 10.1. The van der Waals surface area contributed by atoms with Gasteiger partial charge in [0, 0.05) is 19.5 Å². The normalized spacial score (nSPS) is 12.3. The molecule has 0 aliphatic heterocycles. The number of carbonyl (C=O) groups excluding carboxylic acids is 1. The predicted octanol–water partition coefficient (Wildman–Crippen LogP) is 2.91. The number of hydrogen-bond donors (Lipinski definition) is 1. The van der Waals surface area contributed by atoms with Crippen LogP contribution in [-0.2, 0) is 20.2 Å². The van der Waals surface area contributed by atoms with Crippen molar-refractivity contribution < 1.29 is 13.2 Å². The molecule has 136 valence electrons. The van der Waals surface area contributed by atoms with Gasteiger partial charge in [0.25, 0.3) is 0 Å². The summed E-state index contributed by atoms with van der Waals surface area (Å²) >= 11 is 0. The standard InChI is InChI=1S/C18H30N2O3S/c1-14(2)13-19-17(21)11-12-20(24(6,22)23)16-10-8-7-9-15(16)18(3,4)5/h7-10,14H,11-13H2,1-6H3,(H,19,21). The Kier molecular flexibility index (Phi) is 6.84. The number of rotatable bonds is 7. The van der Waals surface area contributed by atoms with Crippen LogP contribution in [0, 0.1) is 5.92 Å². The van der Waals surface area contributed by atoms with E-state index in [1.54, 1.807) is 6.07 Å². The molecule has 0 aliphatic rings. The highest BCUT2D eigenvalue weighted by molar-refractivity contribution is 7.92. The molecule has 0 unspecified atom stereocenters. The number of benzene rings is 1. The van der Waals surface area contributed by atoms with Gasteiger partial charge in [0.15, 0.2) is 0 Å². The number of hydrogen-bond acceptors (Lipinski definition) is 3. The number of nitrogens with zero attached hydrogens (tertiary/aromatic N) is 1. The maximum absolute atomic E-state index is 12.3. The fraction of sp³-hybridized carbons (Fsp3) is 0.611. The van der Waals surface area contributed by atoms with Gasteiger partial charge >= 0.3 is 0 Å². The minimum Gasteiger partial charge on any atom is -0.356 e. The van der Waals surface area contributed by atoms with E-state index in [0.29, 0.717) is 18.2 Å². The summed E-state index contributed by atoms with van der Waals surface area (Å²) in [6.45, 7) is 10.9. The highest BCUT2D eigenvalue weighted by Gasteiger charge is 2.25.